The molecule has 3 aromatic rings. The molecule has 6 nitrogen and oxygen atoms in total. The molecular weight excluding hydrogens is 350 g/mol. The minimum atomic E-state index is 0.0449. The highest BCUT2D eigenvalue weighted by Crippen LogP contribution is 2.27. The van der Waals surface area contributed by atoms with E-state index >= 15 is 0 Å². The minimum absolute atomic E-state index is 0.0449. The number of anilines is 1. The fraction of sp³-hybridized carbons (Fsp3) is 0.318. The number of hydrogen-bond donors (Lipinski definition) is 1. The van der Waals surface area contributed by atoms with Crippen LogP contribution in [0, 0.1) is 0 Å². The second-order valence-corrected chi connectivity index (χ2v) is 7.53. The Kier molecular flexibility index (Phi) is 4.20. The number of carbonyl (C=O) groups is 1. The summed E-state index contributed by atoms with van der Waals surface area (Å²) in [5.41, 5.74) is 6.22. The van der Waals surface area contributed by atoms with Crippen LogP contribution in [-0.2, 0) is 6.54 Å². The molecule has 6 heteroatoms. The molecule has 1 amide bonds. The maximum atomic E-state index is 11.9. The van der Waals surface area contributed by atoms with E-state index < -0.39 is 0 Å². The topological polar surface area (TPSA) is 61.4 Å². The fourth-order valence-electron chi connectivity index (χ4n) is 4.22. The highest BCUT2D eigenvalue weighted by molar-refractivity contribution is 5.99. The molecule has 1 aromatic heterocycles. The van der Waals surface area contributed by atoms with Crippen LogP contribution < -0.4 is 10.2 Å². The van der Waals surface area contributed by atoms with E-state index in [9.17, 15) is 4.79 Å². The van der Waals surface area contributed by atoms with Crippen molar-refractivity contribution in [2.24, 2.45) is 0 Å². The van der Waals surface area contributed by atoms with Gasteiger partial charge in [0.05, 0.1) is 11.0 Å². The largest absolute Gasteiger partial charge is 0.369 e. The van der Waals surface area contributed by atoms with Crippen molar-refractivity contribution in [3.63, 3.8) is 0 Å². The van der Waals surface area contributed by atoms with Gasteiger partial charge in [0.25, 0.3) is 5.91 Å². The standard InChI is InChI=1S/C22H23N5O/c1-15(16-3-5-20-21(12-16)24-7-6-23-20)26-8-10-27(11-9-26)18-4-2-17-14-25-22(28)19(17)13-18/h2-7,12-13,15H,8-11,14H2,1H3,(H,25,28). The van der Waals surface area contributed by atoms with Gasteiger partial charge in [0.15, 0.2) is 0 Å². The smallest absolute Gasteiger partial charge is 0.251 e. The number of benzene rings is 2. The molecule has 1 fully saturated rings. The predicted molar refractivity (Wildman–Crippen MR) is 109 cm³/mol. The van der Waals surface area contributed by atoms with Crippen LogP contribution >= 0.6 is 0 Å². The van der Waals surface area contributed by atoms with Gasteiger partial charge in [-0.3, -0.25) is 19.7 Å². The fourth-order valence-corrected chi connectivity index (χ4v) is 4.22. The molecule has 1 unspecified atom stereocenters. The number of aromatic nitrogens is 2. The van der Waals surface area contributed by atoms with Crippen molar-refractivity contribution in [2.45, 2.75) is 19.5 Å². The Morgan fingerprint density at radius 2 is 1.75 bits per heavy atom. The zero-order valence-electron chi connectivity index (χ0n) is 15.9. The summed E-state index contributed by atoms with van der Waals surface area (Å²) in [6.07, 6.45) is 3.47. The Morgan fingerprint density at radius 3 is 2.57 bits per heavy atom. The Bertz CT molecular complexity index is 1040. The van der Waals surface area contributed by atoms with Crippen molar-refractivity contribution in [3.05, 3.63) is 65.5 Å². The van der Waals surface area contributed by atoms with Gasteiger partial charge >= 0.3 is 0 Å². The summed E-state index contributed by atoms with van der Waals surface area (Å²) in [5, 5.41) is 2.89. The van der Waals surface area contributed by atoms with Gasteiger partial charge in [-0.1, -0.05) is 12.1 Å². The van der Waals surface area contributed by atoms with Gasteiger partial charge in [0.1, 0.15) is 0 Å². The van der Waals surface area contributed by atoms with Crippen molar-refractivity contribution < 1.29 is 4.79 Å². The highest BCUT2D eigenvalue weighted by Gasteiger charge is 2.25. The van der Waals surface area contributed by atoms with Gasteiger partial charge in [0, 0.05) is 62.4 Å². The van der Waals surface area contributed by atoms with Crippen LogP contribution in [0.15, 0.2) is 48.8 Å². The Labute approximate surface area is 164 Å². The zero-order chi connectivity index (χ0) is 19.1. The first-order chi connectivity index (χ1) is 13.7. The lowest BCUT2D eigenvalue weighted by Crippen LogP contribution is -2.47. The van der Waals surface area contributed by atoms with E-state index in [0.717, 1.165) is 54.0 Å². The molecule has 1 N–H and O–H groups in total. The van der Waals surface area contributed by atoms with Crippen molar-refractivity contribution in [1.82, 2.24) is 20.2 Å². The number of piperazine rings is 1. The molecule has 0 bridgehead atoms. The van der Waals surface area contributed by atoms with Gasteiger partial charge in [-0.05, 0) is 42.3 Å². The van der Waals surface area contributed by atoms with Crippen LogP contribution in [-0.4, -0.2) is 47.0 Å². The van der Waals surface area contributed by atoms with Crippen LogP contribution in [0.4, 0.5) is 5.69 Å². The van der Waals surface area contributed by atoms with Crippen LogP contribution in [0.3, 0.4) is 0 Å². The quantitative estimate of drug-likeness (QED) is 0.765. The molecule has 28 heavy (non-hydrogen) atoms. The molecule has 2 aliphatic rings. The SMILES string of the molecule is CC(c1ccc2nccnc2c1)N1CCN(c2ccc3c(c2)C(=O)NC3)CC1. The molecule has 0 saturated carbocycles. The van der Waals surface area contributed by atoms with E-state index in [4.69, 9.17) is 0 Å². The maximum Gasteiger partial charge on any atom is 0.251 e. The Balaban J connectivity index is 1.29. The Morgan fingerprint density at radius 1 is 0.964 bits per heavy atom. The molecular formula is C22H23N5O. The van der Waals surface area contributed by atoms with Crippen molar-refractivity contribution in [2.75, 3.05) is 31.1 Å². The second kappa shape index (κ2) is 6.87. The molecule has 2 aliphatic heterocycles. The summed E-state index contributed by atoms with van der Waals surface area (Å²) >= 11 is 0. The first-order valence-corrected chi connectivity index (χ1v) is 9.80. The summed E-state index contributed by atoms with van der Waals surface area (Å²) in [5.74, 6) is 0.0449. The average molecular weight is 373 g/mol. The molecule has 0 aliphatic carbocycles. The lowest BCUT2D eigenvalue weighted by atomic mass is 10.0. The molecule has 1 saturated heterocycles. The van der Waals surface area contributed by atoms with Crippen LogP contribution in [0.2, 0.25) is 0 Å². The first-order valence-electron chi connectivity index (χ1n) is 9.80. The van der Waals surface area contributed by atoms with E-state index in [1.165, 1.54) is 5.56 Å². The van der Waals surface area contributed by atoms with E-state index in [1.54, 1.807) is 12.4 Å². The summed E-state index contributed by atoms with van der Waals surface area (Å²) in [7, 11) is 0. The van der Waals surface area contributed by atoms with Gasteiger partial charge in [-0.15, -0.1) is 0 Å². The van der Waals surface area contributed by atoms with Crippen molar-refractivity contribution in [3.8, 4) is 0 Å². The molecule has 0 radical (unpaired) electrons. The van der Waals surface area contributed by atoms with Crippen LogP contribution in [0.25, 0.3) is 11.0 Å². The minimum Gasteiger partial charge on any atom is -0.369 e. The first kappa shape index (κ1) is 17.1. The summed E-state index contributed by atoms with van der Waals surface area (Å²) in [6, 6.07) is 13.0. The number of rotatable bonds is 3. The third-order valence-electron chi connectivity index (χ3n) is 5.98. The molecule has 2 aromatic carbocycles. The van der Waals surface area contributed by atoms with E-state index in [1.807, 2.05) is 6.07 Å². The second-order valence-electron chi connectivity index (χ2n) is 7.53. The molecule has 0 spiro atoms. The summed E-state index contributed by atoms with van der Waals surface area (Å²) in [6.45, 7) is 6.80. The third kappa shape index (κ3) is 2.99. The van der Waals surface area contributed by atoms with Crippen LogP contribution in [0.5, 0.6) is 0 Å². The average Bonchev–Trinajstić information content (AvgIpc) is 3.13. The molecule has 1 atom stereocenters. The monoisotopic (exact) mass is 373 g/mol. The van der Waals surface area contributed by atoms with Gasteiger partial charge in [-0.2, -0.15) is 0 Å². The van der Waals surface area contributed by atoms with Gasteiger partial charge in [0.2, 0.25) is 0 Å². The van der Waals surface area contributed by atoms with Crippen molar-refractivity contribution >= 4 is 22.6 Å². The Hall–Kier alpha value is -2.99. The third-order valence-corrected chi connectivity index (χ3v) is 5.98. The number of amides is 1. The lowest BCUT2D eigenvalue weighted by molar-refractivity contribution is 0.0966. The van der Waals surface area contributed by atoms with E-state index in [-0.39, 0.29) is 5.91 Å². The lowest BCUT2D eigenvalue weighted by Gasteiger charge is -2.39. The molecule has 5 rings (SSSR count). The number of nitrogens with zero attached hydrogens (tertiary/aromatic N) is 4. The molecule has 3 heterocycles. The van der Waals surface area contributed by atoms with Crippen molar-refractivity contribution in [1.29, 1.82) is 0 Å². The number of nitrogens with one attached hydrogen (secondary N) is 1. The van der Waals surface area contributed by atoms with Gasteiger partial charge in [-0.25, -0.2) is 0 Å². The summed E-state index contributed by atoms with van der Waals surface area (Å²) < 4.78 is 0. The number of fused-ring (bicyclic) bond motifs is 2. The normalized spacial score (nSPS) is 18.2. The zero-order valence-corrected chi connectivity index (χ0v) is 15.9. The van der Waals surface area contributed by atoms with Crippen LogP contribution in [0.1, 0.15) is 34.5 Å². The van der Waals surface area contributed by atoms with Gasteiger partial charge < -0.3 is 10.2 Å². The molecule has 142 valence electrons. The maximum absolute atomic E-state index is 11.9. The predicted octanol–water partition coefficient (Wildman–Crippen LogP) is 2.76. The van der Waals surface area contributed by atoms with E-state index in [0.29, 0.717) is 12.6 Å². The highest BCUT2D eigenvalue weighted by atomic mass is 16.1. The number of hydrogen-bond acceptors (Lipinski definition) is 5. The van der Waals surface area contributed by atoms with E-state index in [2.05, 4.69) is 62.3 Å². The number of carbonyl (C=O) groups excluding carboxylic acids is 1. The summed E-state index contributed by atoms with van der Waals surface area (Å²) in [4.78, 5) is 25.6.